The van der Waals surface area contributed by atoms with Crippen molar-refractivity contribution in [1.29, 1.82) is 5.41 Å². The van der Waals surface area contributed by atoms with E-state index >= 15 is 0 Å². The van der Waals surface area contributed by atoms with Crippen LogP contribution in [0.25, 0.3) is 0 Å². The molecule has 2 heterocycles. The van der Waals surface area contributed by atoms with Gasteiger partial charge in [-0.25, -0.2) is 9.97 Å². The summed E-state index contributed by atoms with van der Waals surface area (Å²) < 4.78 is 0. The third-order valence-electron chi connectivity index (χ3n) is 5.95. The zero-order valence-electron chi connectivity index (χ0n) is 21.9. The number of nitrogen functional groups attached to an aromatic ring is 2. The van der Waals surface area contributed by atoms with Gasteiger partial charge in [-0.2, -0.15) is 0 Å². The number of carbonyl (C=O) groups is 3. The van der Waals surface area contributed by atoms with Gasteiger partial charge in [0.05, 0.1) is 17.8 Å². The fourth-order valence-corrected chi connectivity index (χ4v) is 4.05. The lowest BCUT2D eigenvalue weighted by atomic mass is 10.1. The van der Waals surface area contributed by atoms with E-state index in [1.807, 2.05) is 23.9 Å². The maximum Gasteiger partial charge on any atom is 0.280 e. The first-order chi connectivity index (χ1) is 18.5. The van der Waals surface area contributed by atoms with E-state index in [1.165, 1.54) is 0 Å². The monoisotopic (exact) mass is 559 g/mol. The fraction of sp³-hybridized carbons (Fsp3) is 0.417. The summed E-state index contributed by atoms with van der Waals surface area (Å²) in [5.41, 5.74) is 11.8. The van der Waals surface area contributed by atoms with Crippen molar-refractivity contribution in [3.8, 4) is 0 Å². The van der Waals surface area contributed by atoms with Crippen LogP contribution in [0.15, 0.2) is 24.3 Å². The molecule has 3 rings (SSSR count). The first-order valence-electron chi connectivity index (χ1n) is 12.3. The van der Waals surface area contributed by atoms with E-state index in [-0.39, 0.29) is 52.8 Å². The van der Waals surface area contributed by atoms with Crippen LogP contribution in [0, 0.1) is 5.41 Å². The summed E-state index contributed by atoms with van der Waals surface area (Å²) in [4.78, 5) is 49.2. The van der Waals surface area contributed by atoms with Crippen LogP contribution in [-0.2, 0) is 4.79 Å². The number of likely N-dealkylation sites (N-methyl/N-ethyl adjacent to an activating group) is 1. The lowest BCUT2D eigenvalue weighted by Gasteiger charge is -2.32. The molecule has 1 aliphatic heterocycles. The number of benzene rings is 1. The molecule has 1 aromatic heterocycles. The van der Waals surface area contributed by atoms with Crippen molar-refractivity contribution < 1.29 is 14.4 Å². The van der Waals surface area contributed by atoms with Gasteiger partial charge in [-0.3, -0.25) is 30.0 Å². The lowest BCUT2D eigenvalue weighted by molar-refractivity contribution is -0.117. The summed E-state index contributed by atoms with van der Waals surface area (Å²) in [7, 11) is 3.85. The van der Waals surface area contributed by atoms with E-state index in [9.17, 15) is 14.4 Å². The van der Waals surface area contributed by atoms with Crippen molar-refractivity contribution in [3.63, 3.8) is 0 Å². The average molecular weight is 560 g/mol. The molecule has 0 bridgehead atoms. The van der Waals surface area contributed by atoms with Gasteiger partial charge in [0.1, 0.15) is 0 Å². The van der Waals surface area contributed by atoms with Crippen molar-refractivity contribution in [1.82, 2.24) is 35.7 Å². The van der Waals surface area contributed by atoms with E-state index in [2.05, 4.69) is 31.2 Å². The molecule has 0 unspecified atom stereocenters. The first kappa shape index (κ1) is 29.5. The first-order valence-corrected chi connectivity index (χ1v) is 12.7. The van der Waals surface area contributed by atoms with Crippen LogP contribution in [0.3, 0.4) is 0 Å². The van der Waals surface area contributed by atoms with Crippen molar-refractivity contribution in [2.45, 2.75) is 18.9 Å². The molecule has 1 aliphatic rings. The molecule has 0 atom stereocenters. The Hall–Kier alpha value is -4.01. The molecule has 1 aromatic carbocycles. The molecule has 2 aromatic rings. The highest BCUT2D eigenvalue weighted by atomic mass is 35.5. The van der Waals surface area contributed by atoms with E-state index in [1.54, 1.807) is 24.3 Å². The minimum Gasteiger partial charge on any atom is -0.382 e. The van der Waals surface area contributed by atoms with Crippen LogP contribution in [0.1, 0.15) is 33.7 Å². The van der Waals surface area contributed by atoms with Gasteiger partial charge in [-0.05, 0) is 39.1 Å². The summed E-state index contributed by atoms with van der Waals surface area (Å²) >= 11 is 5.81. The third kappa shape index (κ3) is 8.77. The molecule has 3 amide bonds. The summed E-state index contributed by atoms with van der Waals surface area (Å²) in [6.45, 7) is 2.57. The Kier molecular flexibility index (Phi) is 10.4. The van der Waals surface area contributed by atoms with Crippen LogP contribution >= 0.6 is 11.6 Å². The third-order valence-corrected chi connectivity index (χ3v) is 6.23. The number of nitrogens with zero attached hydrogens (tertiary/aromatic N) is 4. The standard InChI is InChI=1S/C24H34ClN11O3/c1-35(2)12-9-29-22(38)15-5-3-4-6-16(15)31-17(37)13-36-10-7-14(8-11-36)30-24(28)34-23(39)18-20(26)33-21(27)19(25)32-18/h3-6,14H,7-13H2,1-2H3,(H,29,38)(H,31,37)(H4,26,27,33)(H3,28,30,34,39). The number of nitrogens with one attached hydrogen (secondary N) is 5. The average Bonchev–Trinajstić information content (AvgIpc) is 2.87. The number of likely N-dealkylation sites (tertiary alicyclic amines) is 1. The van der Waals surface area contributed by atoms with Gasteiger partial charge in [-0.15, -0.1) is 0 Å². The zero-order chi connectivity index (χ0) is 28.5. The number of aromatic nitrogens is 2. The number of hydrogen-bond donors (Lipinski definition) is 7. The molecule has 1 saturated heterocycles. The molecule has 1 fully saturated rings. The molecule has 0 aliphatic carbocycles. The number of piperidine rings is 1. The summed E-state index contributed by atoms with van der Waals surface area (Å²) in [5.74, 6) is -1.71. The SMILES string of the molecule is CN(C)CCNC(=O)c1ccccc1NC(=O)CN1CCC(NC(=N)NC(=O)c2nc(Cl)c(N)nc2N)CC1. The number of rotatable bonds is 9. The van der Waals surface area contributed by atoms with Crippen LogP contribution < -0.4 is 32.7 Å². The van der Waals surface area contributed by atoms with Gasteiger partial charge in [0.25, 0.3) is 11.8 Å². The molecule has 210 valence electrons. The Labute approximate surface area is 231 Å². The van der Waals surface area contributed by atoms with E-state index in [0.29, 0.717) is 50.3 Å². The number of hydrogen-bond acceptors (Lipinski definition) is 10. The number of amides is 3. The van der Waals surface area contributed by atoms with Gasteiger partial charge in [-0.1, -0.05) is 23.7 Å². The summed E-state index contributed by atoms with van der Waals surface area (Å²) in [6, 6.07) is 6.81. The second-order valence-corrected chi connectivity index (χ2v) is 9.67. The minimum absolute atomic E-state index is 0.0814. The van der Waals surface area contributed by atoms with Crippen molar-refractivity contribution in [2.75, 3.05) is 63.6 Å². The van der Waals surface area contributed by atoms with Gasteiger partial charge in [0, 0.05) is 32.2 Å². The molecule has 9 N–H and O–H groups in total. The molecule has 0 spiro atoms. The summed E-state index contributed by atoms with van der Waals surface area (Å²) in [5, 5.41) is 18.9. The number of nitrogens with two attached hydrogens (primary N) is 2. The van der Waals surface area contributed by atoms with Gasteiger partial charge < -0.3 is 32.3 Å². The van der Waals surface area contributed by atoms with Gasteiger partial charge >= 0.3 is 0 Å². The molecular formula is C24H34ClN11O3. The molecule has 14 nitrogen and oxygen atoms in total. The zero-order valence-corrected chi connectivity index (χ0v) is 22.6. The Morgan fingerprint density at radius 1 is 1.10 bits per heavy atom. The van der Waals surface area contributed by atoms with Crippen molar-refractivity contribution >= 4 is 52.6 Å². The second-order valence-electron chi connectivity index (χ2n) is 9.31. The Bertz CT molecular complexity index is 1220. The molecule has 39 heavy (non-hydrogen) atoms. The number of carbonyl (C=O) groups excluding carboxylic acids is 3. The normalized spacial score (nSPS) is 14.1. The smallest absolute Gasteiger partial charge is 0.280 e. The van der Waals surface area contributed by atoms with Crippen molar-refractivity contribution in [2.24, 2.45) is 0 Å². The maximum absolute atomic E-state index is 12.7. The highest BCUT2D eigenvalue weighted by Gasteiger charge is 2.23. The summed E-state index contributed by atoms with van der Waals surface area (Å²) in [6.07, 6.45) is 1.29. The maximum atomic E-state index is 12.7. The van der Waals surface area contributed by atoms with E-state index in [0.717, 1.165) is 0 Å². The Morgan fingerprint density at radius 3 is 2.49 bits per heavy atom. The van der Waals surface area contributed by atoms with Crippen molar-refractivity contribution in [3.05, 3.63) is 40.7 Å². The van der Waals surface area contributed by atoms with Crippen LogP contribution in [0.2, 0.25) is 5.15 Å². The number of halogens is 1. The Balaban J connectivity index is 1.44. The van der Waals surface area contributed by atoms with Crippen LogP contribution in [0.5, 0.6) is 0 Å². The predicted molar refractivity (Wildman–Crippen MR) is 150 cm³/mol. The number of para-hydroxylation sites is 1. The van der Waals surface area contributed by atoms with Crippen LogP contribution in [0.4, 0.5) is 17.3 Å². The van der Waals surface area contributed by atoms with Crippen LogP contribution in [-0.4, -0.2) is 96.3 Å². The van der Waals surface area contributed by atoms with E-state index < -0.39 is 5.91 Å². The molecule has 0 radical (unpaired) electrons. The topological polar surface area (TPSA) is 207 Å². The quantitative estimate of drug-likeness (QED) is 0.161. The Morgan fingerprint density at radius 2 is 1.79 bits per heavy atom. The molecular weight excluding hydrogens is 526 g/mol. The van der Waals surface area contributed by atoms with E-state index in [4.69, 9.17) is 28.5 Å². The number of guanidine groups is 1. The highest BCUT2D eigenvalue weighted by Crippen LogP contribution is 2.18. The van der Waals surface area contributed by atoms with Gasteiger partial charge in [0.15, 0.2) is 28.4 Å². The number of anilines is 3. The fourth-order valence-electron chi connectivity index (χ4n) is 3.93. The predicted octanol–water partition coefficient (Wildman–Crippen LogP) is -0.0569. The largest absolute Gasteiger partial charge is 0.382 e. The second kappa shape index (κ2) is 13.7. The van der Waals surface area contributed by atoms with Gasteiger partial charge in [0.2, 0.25) is 5.91 Å². The minimum atomic E-state index is -0.736. The molecule has 0 saturated carbocycles. The lowest BCUT2D eigenvalue weighted by Crippen LogP contribution is -2.50. The highest BCUT2D eigenvalue weighted by molar-refractivity contribution is 6.31. The molecule has 15 heteroatoms.